The van der Waals surface area contributed by atoms with Crippen LogP contribution in [0.2, 0.25) is 0 Å². The SMILES string of the molecule is C=CC1C[C@]1(NC(=O)[C@@H]1C[C@@H]2CN1C(=O)[C@H](C(C)C(C)C)NC(=O)O[C@H]1COC[C@@H]1C/C=C/c1cc3c(cc(OCC)nc3cc1OC)O2)C(=O)NS(=O)(=O)C1CC1. The van der Waals surface area contributed by atoms with Crippen LogP contribution in [0, 0.1) is 23.7 Å². The number of nitrogens with zero attached hydrogens (tertiary/aromatic N) is 2. The fraction of sp³-hybridized carbons (Fsp3) is 0.585. The van der Waals surface area contributed by atoms with E-state index in [0.717, 1.165) is 5.56 Å². The van der Waals surface area contributed by atoms with Crippen LogP contribution in [0.4, 0.5) is 4.79 Å². The molecular formula is C41H53N5O11S. The summed E-state index contributed by atoms with van der Waals surface area (Å²) >= 11 is 0. The number of carbonyl (C=O) groups excluding carboxylic acids is 4. The summed E-state index contributed by atoms with van der Waals surface area (Å²) in [5, 5.41) is 5.62. The minimum atomic E-state index is -3.92. The molecule has 58 heavy (non-hydrogen) atoms. The molecule has 3 aliphatic heterocycles. The number of alkyl carbamates (subject to hydrolysis) is 1. The quantitative estimate of drug-likeness (QED) is 0.279. The number of benzene rings is 1. The molecule has 2 saturated carbocycles. The highest BCUT2D eigenvalue weighted by molar-refractivity contribution is 7.91. The average Bonchev–Trinajstić information content (AvgIpc) is 4.08. The summed E-state index contributed by atoms with van der Waals surface area (Å²) in [6.07, 6.45) is 4.82. The van der Waals surface area contributed by atoms with Crippen LogP contribution in [0.5, 0.6) is 17.4 Å². The van der Waals surface area contributed by atoms with Gasteiger partial charge in [0.1, 0.15) is 41.3 Å². The Labute approximate surface area is 338 Å². The zero-order valence-corrected chi connectivity index (χ0v) is 34.3. The van der Waals surface area contributed by atoms with Crippen molar-refractivity contribution < 1.29 is 51.3 Å². The van der Waals surface area contributed by atoms with Crippen molar-refractivity contribution in [3.63, 3.8) is 0 Å². The number of pyridine rings is 1. The van der Waals surface area contributed by atoms with Gasteiger partial charge < -0.3 is 39.2 Å². The minimum Gasteiger partial charge on any atom is -0.496 e. The van der Waals surface area contributed by atoms with Crippen molar-refractivity contribution in [3.8, 4) is 17.4 Å². The molecule has 2 aromatic rings. The Kier molecular flexibility index (Phi) is 11.7. The fourth-order valence-electron chi connectivity index (χ4n) is 8.00. The Hall–Kier alpha value is -4.90. The first kappa shape index (κ1) is 41.3. The summed E-state index contributed by atoms with van der Waals surface area (Å²) in [6, 6.07) is 3.06. The molecule has 4 fully saturated rings. The third kappa shape index (κ3) is 8.33. The molecule has 314 valence electrons. The number of hydrogen-bond acceptors (Lipinski definition) is 12. The lowest BCUT2D eigenvalue weighted by Crippen LogP contribution is -2.59. The van der Waals surface area contributed by atoms with E-state index in [4.69, 9.17) is 28.7 Å². The first-order valence-corrected chi connectivity index (χ1v) is 21.6. The lowest BCUT2D eigenvalue weighted by molar-refractivity contribution is -0.142. The van der Waals surface area contributed by atoms with E-state index >= 15 is 0 Å². The molecule has 3 N–H and O–H groups in total. The highest BCUT2D eigenvalue weighted by Gasteiger charge is 2.62. The number of allylic oxidation sites excluding steroid dienone is 1. The Bertz CT molecular complexity index is 2110. The molecule has 0 radical (unpaired) electrons. The molecule has 2 unspecified atom stereocenters. The van der Waals surface area contributed by atoms with Gasteiger partial charge in [0.25, 0.3) is 5.91 Å². The van der Waals surface area contributed by atoms with Crippen molar-refractivity contribution >= 4 is 50.8 Å². The number of carbonyl (C=O) groups is 4. The first-order valence-electron chi connectivity index (χ1n) is 20.0. The average molecular weight is 824 g/mol. The molecule has 4 heterocycles. The van der Waals surface area contributed by atoms with E-state index < -0.39 is 80.8 Å². The zero-order valence-electron chi connectivity index (χ0n) is 33.5. The minimum absolute atomic E-state index is 0.000576. The van der Waals surface area contributed by atoms with Crippen LogP contribution in [0.25, 0.3) is 17.0 Å². The number of rotatable bonds is 11. The van der Waals surface area contributed by atoms with Gasteiger partial charge in [-0.3, -0.25) is 19.1 Å². The summed E-state index contributed by atoms with van der Waals surface area (Å²) in [6.45, 7) is 12.2. The standard InChI is InChI=1S/C41H53N5O11S/c1-7-26-18-41(26,39(49)45-58(51,52)28-12-13-28)44-37(47)31-15-27-19-46(31)38(48)36(23(5)22(3)4)43-40(50)57-34-21-54-20-25(34)11-9-10-24-14-29-30(16-32(24)53-6)42-35(55-8-2)17-33(29)56-27/h7,9-10,14,16-17,22-23,25-28,31,34,36H,1,8,11-13,15,18-21H2,2-6H3,(H,43,50)(H,44,47)(H,45,49)/b10-9+/t23?,25-,26?,27+,31-,34-,36-,41+/m0/s1. The van der Waals surface area contributed by atoms with Gasteiger partial charge in [-0.15, -0.1) is 6.58 Å². The number of fused-ring (bicyclic) bond motifs is 4. The number of amides is 4. The molecular weight excluding hydrogens is 771 g/mol. The Balaban J connectivity index is 1.28. The van der Waals surface area contributed by atoms with Crippen molar-refractivity contribution in [1.29, 1.82) is 0 Å². The lowest BCUT2D eigenvalue weighted by atomic mass is 9.89. The molecule has 16 nitrogen and oxygen atoms in total. The molecule has 8 atom stereocenters. The van der Waals surface area contributed by atoms with Crippen LogP contribution in [0.3, 0.4) is 0 Å². The molecule has 5 aliphatic rings. The molecule has 0 spiro atoms. The molecule has 17 heteroatoms. The number of nitrogens with one attached hydrogen (secondary N) is 3. The summed E-state index contributed by atoms with van der Waals surface area (Å²) in [7, 11) is -2.36. The maximum atomic E-state index is 14.8. The Morgan fingerprint density at radius 1 is 1.16 bits per heavy atom. The molecule has 1 aromatic carbocycles. The van der Waals surface area contributed by atoms with Crippen molar-refractivity contribution in [2.24, 2.45) is 23.7 Å². The maximum Gasteiger partial charge on any atom is 0.408 e. The van der Waals surface area contributed by atoms with Gasteiger partial charge >= 0.3 is 6.09 Å². The molecule has 4 bridgehead atoms. The van der Waals surface area contributed by atoms with Crippen LogP contribution in [-0.2, 0) is 33.9 Å². The highest BCUT2D eigenvalue weighted by atomic mass is 32.2. The van der Waals surface area contributed by atoms with Crippen molar-refractivity contribution in [2.75, 3.05) is 33.5 Å². The van der Waals surface area contributed by atoms with E-state index in [-0.39, 0.29) is 37.8 Å². The second-order valence-electron chi connectivity index (χ2n) is 16.3. The summed E-state index contributed by atoms with van der Waals surface area (Å²) in [5.74, 6) is -1.99. The number of hydrogen-bond donors (Lipinski definition) is 3. The van der Waals surface area contributed by atoms with Gasteiger partial charge in [0, 0.05) is 41.3 Å². The van der Waals surface area contributed by atoms with Crippen molar-refractivity contribution in [1.82, 2.24) is 25.2 Å². The predicted octanol–water partition coefficient (Wildman–Crippen LogP) is 3.48. The van der Waals surface area contributed by atoms with Gasteiger partial charge in [-0.1, -0.05) is 39.0 Å². The van der Waals surface area contributed by atoms with Crippen LogP contribution in [-0.4, -0.2) is 111 Å². The number of ether oxygens (including phenoxy) is 5. The molecule has 2 aliphatic carbocycles. The summed E-state index contributed by atoms with van der Waals surface area (Å²) in [5.41, 5.74) is -0.307. The Morgan fingerprint density at radius 2 is 1.93 bits per heavy atom. The zero-order chi connectivity index (χ0) is 41.5. The van der Waals surface area contributed by atoms with E-state index in [9.17, 15) is 27.6 Å². The van der Waals surface area contributed by atoms with Gasteiger partial charge in [0.05, 0.1) is 44.2 Å². The number of methoxy groups -OCH3 is 1. The van der Waals surface area contributed by atoms with E-state index in [1.165, 1.54) is 11.0 Å². The van der Waals surface area contributed by atoms with Gasteiger partial charge in [0.15, 0.2) is 0 Å². The van der Waals surface area contributed by atoms with E-state index in [1.807, 2.05) is 45.9 Å². The highest BCUT2D eigenvalue weighted by Crippen LogP contribution is 2.46. The Morgan fingerprint density at radius 3 is 2.60 bits per heavy atom. The van der Waals surface area contributed by atoms with Crippen LogP contribution in [0.1, 0.15) is 65.4 Å². The predicted molar refractivity (Wildman–Crippen MR) is 212 cm³/mol. The van der Waals surface area contributed by atoms with Crippen LogP contribution in [0.15, 0.2) is 36.9 Å². The first-order chi connectivity index (χ1) is 27.7. The third-order valence-electron chi connectivity index (χ3n) is 12.0. The van der Waals surface area contributed by atoms with Crippen molar-refractivity contribution in [2.45, 2.75) is 94.9 Å². The smallest absolute Gasteiger partial charge is 0.408 e. The molecule has 7 rings (SSSR count). The van der Waals surface area contributed by atoms with Crippen LogP contribution >= 0.6 is 0 Å². The second kappa shape index (κ2) is 16.4. The van der Waals surface area contributed by atoms with Gasteiger partial charge in [-0.05, 0) is 50.5 Å². The number of aromatic nitrogens is 1. The van der Waals surface area contributed by atoms with E-state index in [2.05, 4.69) is 21.9 Å². The monoisotopic (exact) mass is 823 g/mol. The van der Waals surface area contributed by atoms with Crippen LogP contribution < -0.4 is 29.6 Å². The molecule has 1 aromatic heterocycles. The van der Waals surface area contributed by atoms with E-state index in [1.54, 1.807) is 19.2 Å². The molecule has 2 saturated heterocycles. The summed E-state index contributed by atoms with van der Waals surface area (Å²) in [4.78, 5) is 62.7. The van der Waals surface area contributed by atoms with Gasteiger partial charge in [-0.25, -0.2) is 18.2 Å². The lowest BCUT2D eigenvalue weighted by Gasteiger charge is -2.33. The normalized spacial score (nSPS) is 29.6. The third-order valence-corrected chi connectivity index (χ3v) is 13.9. The fourth-order valence-corrected chi connectivity index (χ4v) is 9.36. The van der Waals surface area contributed by atoms with E-state index in [0.29, 0.717) is 60.8 Å². The van der Waals surface area contributed by atoms with Crippen molar-refractivity contribution in [3.05, 3.63) is 42.5 Å². The van der Waals surface area contributed by atoms with Gasteiger partial charge in [-0.2, -0.15) is 0 Å². The summed E-state index contributed by atoms with van der Waals surface area (Å²) < 4.78 is 57.7. The topological polar surface area (TPSA) is 201 Å². The largest absolute Gasteiger partial charge is 0.496 e. The molecule has 4 amide bonds. The second-order valence-corrected chi connectivity index (χ2v) is 18.2. The number of sulfonamides is 1. The maximum absolute atomic E-state index is 14.8. The van der Waals surface area contributed by atoms with Gasteiger partial charge in [0.2, 0.25) is 27.7 Å².